The number of hydrogen-bond donors (Lipinski definition) is 1. The average Bonchev–Trinajstić information content (AvgIpc) is 3.05. The van der Waals surface area contributed by atoms with Crippen molar-refractivity contribution in [2.24, 2.45) is 0 Å². The molecule has 0 heterocycles. The fraction of sp³-hybridized carbons (Fsp3) is 0.441. The summed E-state index contributed by atoms with van der Waals surface area (Å²) in [6, 6.07) is 30.9. The van der Waals surface area contributed by atoms with Gasteiger partial charge >= 0.3 is 5.97 Å². The van der Waals surface area contributed by atoms with Crippen molar-refractivity contribution in [3.63, 3.8) is 0 Å². The highest BCUT2D eigenvalue weighted by Gasteiger charge is 2.37. The summed E-state index contributed by atoms with van der Waals surface area (Å²) in [7, 11) is 0. The van der Waals surface area contributed by atoms with E-state index >= 15 is 0 Å². The molecule has 0 aliphatic heterocycles. The lowest BCUT2D eigenvalue weighted by Gasteiger charge is -2.36. The van der Waals surface area contributed by atoms with Crippen molar-refractivity contribution >= 4 is 5.97 Å². The van der Waals surface area contributed by atoms with E-state index in [9.17, 15) is 4.79 Å². The number of ether oxygens (including phenoxy) is 7. The number of aliphatic carboxylic acids is 1. The molecule has 43 heavy (non-hydrogen) atoms. The zero-order chi connectivity index (χ0) is 30.3. The molecule has 0 aromatic heterocycles. The minimum absolute atomic E-state index is 0.00139. The summed E-state index contributed by atoms with van der Waals surface area (Å²) < 4.78 is 39.6. The zero-order valence-corrected chi connectivity index (χ0v) is 24.8. The van der Waals surface area contributed by atoms with Gasteiger partial charge in [-0.1, -0.05) is 91.0 Å². The van der Waals surface area contributed by atoms with Gasteiger partial charge in [0.05, 0.1) is 92.3 Å². The Morgan fingerprint density at radius 1 is 0.442 bits per heavy atom. The van der Waals surface area contributed by atoms with Crippen molar-refractivity contribution in [2.45, 2.75) is 12.0 Å². The number of rotatable bonds is 25. The minimum atomic E-state index is -0.872. The van der Waals surface area contributed by atoms with E-state index in [-0.39, 0.29) is 13.0 Å². The van der Waals surface area contributed by atoms with E-state index in [0.29, 0.717) is 79.3 Å². The third-order valence-corrected chi connectivity index (χ3v) is 6.41. The van der Waals surface area contributed by atoms with Gasteiger partial charge in [-0.3, -0.25) is 4.79 Å². The van der Waals surface area contributed by atoms with Gasteiger partial charge in [-0.05, 0) is 16.7 Å². The van der Waals surface area contributed by atoms with Gasteiger partial charge in [0.2, 0.25) is 0 Å². The van der Waals surface area contributed by atoms with Crippen LogP contribution in [-0.4, -0.2) is 97.0 Å². The van der Waals surface area contributed by atoms with Crippen molar-refractivity contribution in [2.75, 3.05) is 85.9 Å². The highest BCUT2D eigenvalue weighted by Crippen LogP contribution is 2.40. The topological polar surface area (TPSA) is 102 Å². The van der Waals surface area contributed by atoms with Crippen LogP contribution in [0.25, 0.3) is 0 Å². The molecule has 0 fully saturated rings. The first kappa shape index (κ1) is 34.3. The Kier molecular flexibility index (Phi) is 17.2. The summed E-state index contributed by atoms with van der Waals surface area (Å²) in [5.74, 6) is -0.872. The molecule has 3 aromatic rings. The van der Waals surface area contributed by atoms with Crippen LogP contribution in [0.2, 0.25) is 0 Å². The number of carbonyl (C=O) groups is 1. The first-order chi connectivity index (χ1) is 21.2. The Hall–Kier alpha value is -3.15. The first-order valence-corrected chi connectivity index (χ1v) is 14.7. The molecular weight excluding hydrogens is 552 g/mol. The Morgan fingerprint density at radius 2 is 0.721 bits per heavy atom. The van der Waals surface area contributed by atoms with E-state index in [1.165, 1.54) is 0 Å². The summed E-state index contributed by atoms with van der Waals surface area (Å²) in [4.78, 5) is 10.4. The van der Waals surface area contributed by atoms with E-state index in [1.807, 2.05) is 54.6 Å². The molecule has 9 nitrogen and oxygen atoms in total. The molecule has 0 aliphatic carbocycles. The Labute approximate surface area is 254 Å². The van der Waals surface area contributed by atoms with Gasteiger partial charge in [0.1, 0.15) is 5.60 Å². The van der Waals surface area contributed by atoms with E-state index in [1.54, 1.807) is 0 Å². The molecule has 9 heteroatoms. The largest absolute Gasteiger partial charge is 0.481 e. The van der Waals surface area contributed by atoms with Crippen LogP contribution in [0.4, 0.5) is 0 Å². The van der Waals surface area contributed by atoms with Gasteiger partial charge in [0, 0.05) is 0 Å². The summed E-state index contributed by atoms with van der Waals surface area (Å²) in [5, 5.41) is 8.52. The summed E-state index contributed by atoms with van der Waals surface area (Å²) in [6.07, 6.45) is -0.00139. The lowest BCUT2D eigenvalue weighted by molar-refractivity contribution is -0.138. The molecule has 0 amide bonds. The van der Waals surface area contributed by atoms with Crippen LogP contribution in [0, 0.1) is 0 Å². The predicted molar refractivity (Wildman–Crippen MR) is 162 cm³/mol. The molecule has 0 saturated carbocycles. The average molecular weight is 597 g/mol. The third kappa shape index (κ3) is 12.9. The van der Waals surface area contributed by atoms with E-state index < -0.39 is 11.6 Å². The monoisotopic (exact) mass is 596 g/mol. The molecule has 0 unspecified atom stereocenters. The maximum atomic E-state index is 10.4. The Bertz CT molecular complexity index is 1000. The zero-order valence-electron chi connectivity index (χ0n) is 24.8. The molecule has 0 spiro atoms. The normalized spacial score (nSPS) is 11.5. The molecule has 3 rings (SSSR count). The molecule has 3 aromatic carbocycles. The van der Waals surface area contributed by atoms with Crippen LogP contribution in [0.5, 0.6) is 0 Å². The molecule has 0 aliphatic rings. The maximum Gasteiger partial charge on any atom is 0.305 e. The van der Waals surface area contributed by atoms with Crippen LogP contribution in [0.1, 0.15) is 23.1 Å². The molecule has 0 radical (unpaired) electrons. The smallest absolute Gasteiger partial charge is 0.305 e. The third-order valence-electron chi connectivity index (χ3n) is 6.41. The second kappa shape index (κ2) is 21.5. The molecule has 234 valence electrons. The summed E-state index contributed by atoms with van der Waals surface area (Å²) >= 11 is 0. The molecular formula is C34H44O9. The first-order valence-electron chi connectivity index (χ1n) is 14.7. The second-order valence-electron chi connectivity index (χ2n) is 9.45. The molecule has 0 saturated heterocycles. The van der Waals surface area contributed by atoms with Crippen molar-refractivity contribution in [3.8, 4) is 0 Å². The number of benzene rings is 3. The highest BCUT2D eigenvalue weighted by atomic mass is 16.6. The minimum Gasteiger partial charge on any atom is -0.481 e. The number of carboxylic acids is 1. The van der Waals surface area contributed by atoms with Gasteiger partial charge in [0.25, 0.3) is 0 Å². The standard InChI is InChI=1S/C34H44O9/c35-33(36)16-17-37-18-19-38-20-21-39-22-23-40-24-25-41-26-27-42-28-29-43-34(30-10-4-1-5-11-30,31-12-6-2-7-13-31)32-14-8-3-9-15-32/h1-15H,16-29H2,(H,35,36). The highest BCUT2D eigenvalue weighted by molar-refractivity contribution is 5.66. The van der Waals surface area contributed by atoms with Crippen LogP contribution in [0.15, 0.2) is 91.0 Å². The van der Waals surface area contributed by atoms with Crippen molar-refractivity contribution in [1.82, 2.24) is 0 Å². The Balaban J connectivity index is 1.24. The fourth-order valence-corrected chi connectivity index (χ4v) is 4.38. The lowest BCUT2D eigenvalue weighted by Crippen LogP contribution is -2.34. The van der Waals surface area contributed by atoms with Gasteiger partial charge < -0.3 is 38.3 Å². The number of carboxylic acid groups (broad SMARTS) is 1. The Morgan fingerprint density at radius 3 is 1.02 bits per heavy atom. The maximum absolute atomic E-state index is 10.4. The molecule has 0 bridgehead atoms. The van der Waals surface area contributed by atoms with Crippen LogP contribution in [-0.2, 0) is 43.6 Å². The fourth-order valence-electron chi connectivity index (χ4n) is 4.38. The molecule has 1 N–H and O–H groups in total. The van der Waals surface area contributed by atoms with Gasteiger partial charge in [0.15, 0.2) is 0 Å². The van der Waals surface area contributed by atoms with Gasteiger partial charge in [-0.2, -0.15) is 0 Å². The summed E-state index contributed by atoms with van der Waals surface area (Å²) in [6.45, 7) is 5.55. The van der Waals surface area contributed by atoms with Crippen molar-refractivity contribution in [1.29, 1.82) is 0 Å². The lowest BCUT2D eigenvalue weighted by atomic mass is 9.80. The predicted octanol–water partition coefficient (Wildman–Crippen LogP) is 4.57. The van der Waals surface area contributed by atoms with Crippen LogP contribution < -0.4 is 0 Å². The van der Waals surface area contributed by atoms with E-state index in [2.05, 4.69) is 36.4 Å². The quantitative estimate of drug-likeness (QED) is 0.111. The van der Waals surface area contributed by atoms with Crippen molar-refractivity contribution in [3.05, 3.63) is 108 Å². The van der Waals surface area contributed by atoms with E-state index in [4.69, 9.17) is 38.3 Å². The SMILES string of the molecule is O=C(O)CCOCCOCCOCCOCCOCCOCCOC(c1ccccc1)(c1ccccc1)c1ccccc1. The van der Waals surface area contributed by atoms with Crippen LogP contribution in [0.3, 0.4) is 0 Å². The number of hydrogen-bond acceptors (Lipinski definition) is 8. The van der Waals surface area contributed by atoms with Crippen LogP contribution >= 0.6 is 0 Å². The summed E-state index contributed by atoms with van der Waals surface area (Å²) in [5.41, 5.74) is 2.43. The van der Waals surface area contributed by atoms with Crippen molar-refractivity contribution < 1.29 is 43.1 Å². The van der Waals surface area contributed by atoms with Gasteiger partial charge in [-0.15, -0.1) is 0 Å². The van der Waals surface area contributed by atoms with Gasteiger partial charge in [-0.25, -0.2) is 0 Å². The molecule has 0 atom stereocenters. The van der Waals surface area contributed by atoms with E-state index in [0.717, 1.165) is 16.7 Å². The second-order valence-corrected chi connectivity index (χ2v) is 9.45.